The van der Waals surface area contributed by atoms with Gasteiger partial charge in [-0.2, -0.15) is 0 Å². The molecule has 0 aliphatic heterocycles. The normalized spacial score (nSPS) is 10.9. The highest BCUT2D eigenvalue weighted by atomic mass is 16.9. The molecule has 0 fully saturated rings. The topological polar surface area (TPSA) is 77.4 Å². The van der Waals surface area contributed by atoms with Crippen LogP contribution in [0.15, 0.2) is 115 Å². The van der Waals surface area contributed by atoms with Crippen LogP contribution in [0.5, 0.6) is 23.0 Å². The molecule has 178 valence electrons. The van der Waals surface area contributed by atoms with E-state index in [0.717, 1.165) is 12.0 Å². The largest absolute Gasteiger partial charge is 0.707 e. The predicted octanol–water partition coefficient (Wildman–Crippen LogP) is 5.25. The summed E-state index contributed by atoms with van der Waals surface area (Å²) in [7, 11) is -1.85. The van der Waals surface area contributed by atoms with Crippen molar-refractivity contribution in [1.82, 2.24) is 0 Å². The number of hydrogen-bond acceptors (Lipinski definition) is 6. The molecular weight excluding hydrogens is 443 g/mol. The molecule has 6 nitrogen and oxygen atoms in total. The van der Waals surface area contributed by atoms with Crippen LogP contribution in [0, 0.1) is 0 Å². The molecule has 4 rings (SSSR count). The van der Waals surface area contributed by atoms with Crippen LogP contribution in [0.4, 0.5) is 0 Å². The second kappa shape index (κ2) is 12.0. The van der Waals surface area contributed by atoms with Gasteiger partial charge < -0.3 is 28.9 Å². The van der Waals surface area contributed by atoms with E-state index < -0.39 is 13.3 Å². The molecule has 7 heteroatoms. The van der Waals surface area contributed by atoms with Crippen molar-refractivity contribution < 1.29 is 28.9 Å². The molecule has 0 heterocycles. The number of rotatable bonds is 12. The highest BCUT2D eigenvalue weighted by Crippen LogP contribution is 2.31. The van der Waals surface area contributed by atoms with Crippen LogP contribution in [0.3, 0.4) is 0 Å². The highest BCUT2D eigenvalue weighted by molar-refractivity contribution is 6.33. The predicted molar refractivity (Wildman–Crippen MR) is 134 cm³/mol. The highest BCUT2D eigenvalue weighted by Gasteiger charge is 2.38. The molecule has 0 bridgehead atoms. The molecule has 0 saturated heterocycles. The quantitative estimate of drug-likeness (QED) is 0.218. The Labute approximate surface area is 205 Å². The maximum absolute atomic E-state index is 8.96. The average Bonchev–Trinajstić information content (AvgIpc) is 2.87. The summed E-state index contributed by atoms with van der Waals surface area (Å²) in [5.74, 6) is 0.856. The third kappa shape index (κ3) is 7.53. The Morgan fingerprint density at radius 2 is 0.971 bits per heavy atom. The van der Waals surface area contributed by atoms with Gasteiger partial charge in [0.05, 0.1) is 6.42 Å². The van der Waals surface area contributed by atoms with Crippen molar-refractivity contribution in [3.8, 4) is 23.0 Å². The van der Waals surface area contributed by atoms with E-state index in [4.69, 9.17) is 28.9 Å². The Bertz CT molecular complexity index is 1040. The molecule has 0 amide bonds. The van der Waals surface area contributed by atoms with Gasteiger partial charge in [0, 0.05) is 0 Å². The van der Waals surface area contributed by atoms with Crippen molar-refractivity contribution in [2.45, 2.75) is 25.2 Å². The zero-order chi connectivity index (χ0) is 24.3. The zero-order valence-corrected chi connectivity index (χ0v) is 19.2. The molecule has 0 spiro atoms. The van der Waals surface area contributed by atoms with Crippen LogP contribution < -0.4 is 18.9 Å². The molecule has 0 unspecified atom stereocenters. The molecule has 0 aromatic heterocycles. The molecule has 2 N–H and O–H groups in total. The summed E-state index contributed by atoms with van der Waals surface area (Å²) in [6, 6.07) is 35.5. The van der Waals surface area contributed by atoms with Crippen LogP contribution in [0.1, 0.15) is 18.4 Å². The summed E-state index contributed by atoms with van der Waals surface area (Å²) < 4.78 is 24.1. The lowest BCUT2D eigenvalue weighted by Gasteiger charge is -2.34. The molecule has 4 aromatic rings. The molecular formula is C28H27BO6. The van der Waals surface area contributed by atoms with Crippen molar-refractivity contribution in [2.75, 3.05) is 0 Å². The van der Waals surface area contributed by atoms with Crippen LogP contribution in [0.2, 0.25) is 0 Å². The summed E-state index contributed by atoms with van der Waals surface area (Å²) in [5, 5.41) is 17.9. The third-order valence-electron chi connectivity index (χ3n) is 5.16. The minimum atomic E-state index is -1.85. The lowest BCUT2D eigenvalue weighted by Crippen LogP contribution is -2.48. The Balaban J connectivity index is 1.56. The number of hydrogen-bond donors (Lipinski definition) is 2. The number of benzene rings is 4. The lowest BCUT2D eigenvalue weighted by molar-refractivity contribution is -0.257. The molecule has 0 radical (unpaired) electrons. The van der Waals surface area contributed by atoms with E-state index in [1.807, 2.05) is 103 Å². The maximum Gasteiger partial charge on any atom is 0.707 e. The first-order valence-electron chi connectivity index (χ1n) is 11.4. The first kappa shape index (κ1) is 24.2. The van der Waals surface area contributed by atoms with Gasteiger partial charge in [-0.3, -0.25) is 0 Å². The van der Waals surface area contributed by atoms with E-state index in [-0.39, 0.29) is 0 Å². The molecule has 35 heavy (non-hydrogen) atoms. The Hall–Kier alpha value is -3.94. The first-order chi connectivity index (χ1) is 17.1. The number of ether oxygens (including phenoxy) is 3. The summed E-state index contributed by atoms with van der Waals surface area (Å²) >= 11 is 0. The van der Waals surface area contributed by atoms with Gasteiger partial charge in [-0.25, -0.2) is 0 Å². The van der Waals surface area contributed by atoms with Crippen molar-refractivity contribution >= 4 is 7.32 Å². The van der Waals surface area contributed by atoms with Gasteiger partial charge >= 0.3 is 13.3 Å². The van der Waals surface area contributed by atoms with Gasteiger partial charge in [0.25, 0.3) is 0 Å². The number of para-hydroxylation sites is 3. The number of aryl methyl sites for hydroxylation is 1. The van der Waals surface area contributed by atoms with Gasteiger partial charge in [-0.1, -0.05) is 66.7 Å². The van der Waals surface area contributed by atoms with E-state index in [2.05, 4.69) is 0 Å². The van der Waals surface area contributed by atoms with E-state index in [1.165, 1.54) is 0 Å². The standard InChI is InChI=1S/C28H27BO6/c30-29(31)35-27-20-18-23(19-21-27)11-10-22-28(32-24-12-4-1-5-13-24,33-25-14-6-2-7-15-25)34-26-16-8-3-9-17-26/h1-9,12-21,30-31H,10-11,22H2. The third-order valence-corrected chi connectivity index (χ3v) is 5.16. The monoisotopic (exact) mass is 470 g/mol. The first-order valence-corrected chi connectivity index (χ1v) is 11.4. The second-order valence-corrected chi connectivity index (χ2v) is 7.87. The fraction of sp³-hybridized carbons (Fsp3) is 0.143. The fourth-order valence-corrected chi connectivity index (χ4v) is 3.59. The van der Waals surface area contributed by atoms with Crippen molar-refractivity contribution in [1.29, 1.82) is 0 Å². The molecule has 4 aromatic carbocycles. The van der Waals surface area contributed by atoms with Gasteiger partial charge in [0.1, 0.15) is 23.0 Å². The van der Waals surface area contributed by atoms with Gasteiger partial charge in [-0.15, -0.1) is 0 Å². The smallest absolute Gasteiger partial charge is 0.512 e. The van der Waals surface area contributed by atoms with E-state index >= 15 is 0 Å². The second-order valence-electron chi connectivity index (χ2n) is 7.87. The minimum Gasteiger partial charge on any atom is -0.512 e. The van der Waals surface area contributed by atoms with Gasteiger partial charge in [0.15, 0.2) is 0 Å². The molecule has 0 saturated carbocycles. The van der Waals surface area contributed by atoms with Crippen LogP contribution >= 0.6 is 0 Å². The van der Waals surface area contributed by atoms with Crippen molar-refractivity contribution in [2.24, 2.45) is 0 Å². The minimum absolute atomic E-state index is 0.380. The fourth-order valence-electron chi connectivity index (χ4n) is 3.59. The summed E-state index contributed by atoms with van der Waals surface area (Å²) in [6.07, 6.45) is 1.84. The Morgan fingerprint density at radius 3 is 1.37 bits per heavy atom. The van der Waals surface area contributed by atoms with Crippen LogP contribution in [-0.4, -0.2) is 23.3 Å². The molecule has 0 atom stereocenters. The zero-order valence-electron chi connectivity index (χ0n) is 19.2. The van der Waals surface area contributed by atoms with Crippen LogP contribution in [0.25, 0.3) is 0 Å². The van der Waals surface area contributed by atoms with Gasteiger partial charge in [0.2, 0.25) is 0 Å². The van der Waals surface area contributed by atoms with Crippen molar-refractivity contribution in [3.63, 3.8) is 0 Å². The molecule has 0 aliphatic carbocycles. The lowest BCUT2D eigenvalue weighted by atomic mass is 10.1. The van der Waals surface area contributed by atoms with E-state index in [1.54, 1.807) is 12.1 Å². The summed E-state index contributed by atoms with van der Waals surface area (Å²) in [4.78, 5) is 0. The maximum atomic E-state index is 8.96. The summed E-state index contributed by atoms with van der Waals surface area (Å²) in [6.45, 7) is 0. The average molecular weight is 470 g/mol. The van der Waals surface area contributed by atoms with Crippen molar-refractivity contribution in [3.05, 3.63) is 121 Å². The van der Waals surface area contributed by atoms with E-state index in [9.17, 15) is 0 Å². The SMILES string of the molecule is OB(O)Oc1ccc(CCCC(Oc2ccccc2)(Oc2ccccc2)Oc2ccccc2)cc1. The van der Waals surface area contributed by atoms with Crippen LogP contribution in [-0.2, 0) is 6.42 Å². The molecule has 0 aliphatic rings. The summed E-state index contributed by atoms with van der Waals surface area (Å²) in [5.41, 5.74) is 1.05. The van der Waals surface area contributed by atoms with E-state index in [0.29, 0.717) is 35.8 Å². The Kier molecular flexibility index (Phi) is 8.27. The van der Waals surface area contributed by atoms with Gasteiger partial charge in [-0.05, 0) is 66.9 Å². The Morgan fingerprint density at radius 1 is 0.543 bits per heavy atom.